The molecule has 3 nitrogen and oxygen atoms in total. The van der Waals surface area contributed by atoms with E-state index < -0.39 is 0 Å². The first-order chi connectivity index (χ1) is 8.42. The third kappa shape index (κ3) is 4.57. The maximum atomic E-state index is 5.87. The van der Waals surface area contributed by atoms with E-state index in [9.17, 15) is 0 Å². The highest BCUT2D eigenvalue weighted by atomic mass is 16.5. The summed E-state index contributed by atoms with van der Waals surface area (Å²) in [6.07, 6.45) is 1.20. The van der Waals surface area contributed by atoms with Gasteiger partial charge in [0, 0.05) is 24.3 Å². The molecule has 3 heteroatoms. The topological polar surface area (TPSA) is 38.5 Å². The van der Waals surface area contributed by atoms with Crippen LogP contribution in [0.5, 0.6) is 5.75 Å². The molecule has 0 heterocycles. The highest BCUT2D eigenvalue weighted by Gasteiger charge is 2.12. The summed E-state index contributed by atoms with van der Waals surface area (Å²) in [5.41, 5.74) is 7.83. The number of ether oxygens (including phenoxy) is 1. The van der Waals surface area contributed by atoms with Crippen molar-refractivity contribution in [1.82, 2.24) is 4.90 Å². The molecule has 1 rings (SSSR count). The van der Waals surface area contributed by atoms with Crippen molar-refractivity contribution in [3.8, 4) is 5.75 Å². The second-order valence-corrected chi connectivity index (χ2v) is 5.51. The van der Waals surface area contributed by atoms with Crippen LogP contribution in [0.25, 0.3) is 0 Å². The molecule has 0 fully saturated rings. The smallest absolute Gasteiger partial charge is 0.121 e. The van der Waals surface area contributed by atoms with Crippen LogP contribution in [0.4, 0.5) is 5.69 Å². The summed E-state index contributed by atoms with van der Waals surface area (Å²) in [4.78, 5) is 2.36. The lowest BCUT2D eigenvalue weighted by Crippen LogP contribution is -2.29. The summed E-state index contributed by atoms with van der Waals surface area (Å²) in [6.45, 7) is 7.68. The lowest BCUT2D eigenvalue weighted by molar-refractivity contribution is 0.220. The fourth-order valence-electron chi connectivity index (χ4n) is 2.20. The van der Waals surface area contributed by atoms with Crippen LogP contribution in [0, 0.1) is 5.92 Å². The minimum absolute atomic E-state index is 0.567. The lowest BCUT2D eigenvalue weighted by Gasteiger charge is -2.26. The van der Waals surface area contributed by atoms with Crippen molar-refractivity contribution < 1.29 is 4.74 Å². The predicted molar refractivity (Wildman–Crippen MR) is 77.8 cm³/mol. The Bertz CT molecular complexity index is 377. The monoisotopic (exact) mass is 250 g/mol. The minimum Gasteiger partial charge on any atom is -0.497 e. The van der Waals surface area contributed by atoms with E-state index in [4.69, 9.17) is 10.5 Å². The number of methoxy groups -OCH3 is 1. The highest BCUT2D eigenvalue weighted by Crippen LogP contribution is 2.20. The molecule has 102 valence electrons. The third-order valence-corrected chi connectivity index (χ3v) is 3.22. The van der Waals surface area contributed by atoms with Gasteiger partial charge in [0.2, 0.25) is 0 Å². The molecule has 1 aromatic rings. The molecule has 1 atom stereocenters. The van der Waals surface area contributed by atoms with E-state index >= 15 is 0 Å². The fourth-order valence-corrected chi connectivity index (χ4v) is 2.20. The van der Waals surface area contributed by atoms with Crippen LogP contribution >= 0.6 is 0 Å². The van der Waals surface area contributed by atoms with Gasteiger partial charge in [-0.05, 0) is 44.0 Å². The van der Waals surface area contributed by atoms with E-state index in [1.54, 1.807) is 7.11 Å². The molecule has 0 amide bonds. The van der Waals surface area contributed by atoms with E-state index in [0.29, 0.717) is 6.04 Å². The standard InChI is InChI=1S/C15H26N2O/c1-11(2)6-12(3)17(4)10-13-7-14(16)9-15(8-13)18-5/h7-9,11-12H,6,10,16H2,1-5H3. The zero-order chi connectivity index (χ0) is 13.7. The normalized spacial score (nSPS) is 13.1. The number of nitrogens with two attached hydrogens (primary N) is 1. The van der Waals surface area contributed by atoms with Crippen LogP contribution in [0.2, 0.25) is 0 Å². The molecule has 0 saturated carbocycles. The fraction of sp³-hybridized carbons (Fsp3) is 0.600. The van der Waals surface area contributed by atoms with Crippen molar-refractivity contribution in [1.29, 1.82) is 0 Å². The molecule has 0 bridgehead atoms. The van der Waals surface area contributed by atoms with Gasteiger partial charge in [0.15, 0.2) is 0 Å². The Morgan fingerprint density at radius 1 is 1.22 bits per heavy atom. The van der Waals surface area contributed by atoms with Gasteiger partial charge in [-0.2, -0.15) is 0 Å². The van der Waals surface area contributed by atoms with Crippen molar-refractivity contribution in [3.63, 3.8) is 0 Å². The average molecular weight is 250 g/mol. The Hall–Kier alpha value is -1.22. The first kappa shape index (κ1) is 14.8. The highest BCUT2D eigenvalue weighted by molar-refractivity contribution is 5.47. The summed E-state index contributed by atoms with van der Waals surface area (Å²) in [5.74, 6) is 1.55. The van der Waals surface area contributed by atoms with Crippen molar-refractivity contribution >= 4 is 5.69 Å². The van der Waals surface area contributed by atoms with E-state index in [1.807, 2.05) is 12.1 Å². The second-order valence-electron chi connectivity index (χ2n) is 5.51. The SMILES string of the molecule is COc1cc(N)cc(CN(C)C(C)CC(C)C)c1. The minimum atomic E-state index is 0.567. The van der Waals surface area contributed by atoms with Crippen molar-refractivity contribution in [2.75, 3.05) is 19.9 Å². The molecule has 0 aliphatic rings. The van der Waals surface area contributed by atoms with Crippen LogP contribution in [-0.4, -0.2) is 25.1 Å². The molecule has 0 aromatic heterocycles. The summed E-state index contributed by atoms with van der Waals surface area (Å²) < 4.78 is 5.24. The van der Waals surface area contributed by atoms with Gasteiger partial charge < -0.3 is 10.5 Å². The number of hydrogen-bond donors (Lipinski definition) is 1. The number of rotatable bonds is 6. The summed E-state index contributed by atoms with van der Waals surface area (Å²) in [7, 11) is 3.83. The maximum absolute atomic E-state index is 5.87. The number of nitrogens with zero attached hydrogens (tertiary/aromatic N) is 1. The molecule has 0 aliphatic carbocycles. The maximum Gasteiger partial charge on any atom is 0.121 e. The third-order valence-electron chi connectivity index (χ3n) is 3.22. The van der Waals surface area contributed by atoms with Gasteiger partial charge in [-0.1, -0.05) is 13.8 Å². The molecular weight excluding hydrogens is 224 g/mol. The van der Waals surface area contributed by atoms with Crippen LogP contribution < -0.4 is 10.5 Å². The average Bonchev–Trinajstić information content (AvgIpc) is 2.27. The first-order valence-corrected chi connectivity index (χ1v) is 6.56. The van der Waals surface area contributed by atoms with Crippen molar-refractivity contribution in [2.24, 2.45) is 5.92 Å². The Labute approximate surface area is 111 Å². The van der Waals surface area contributed by atoms with Crippen LogP contribution in [0.15, 0.2) is 18.2 Å². The van der Waals surface area contributed by atoms with E-state index in [1.165, 1.54) is 12.0 Å². The van der Waals surface area contributed by atoms with Crippen molar-refractivity contribution in [2.45, 2.75) is 39.8 Å². The lowest BCUT2D eigenvalue weighted by atomic mass is 10.0. The number of anilines is 1. The Morgan fingerprint density at radius 2 is 1.89 bits per heavy atom. The zero-order valence-corrected chi connectivity index (χ0v) is 12.2. The van der Waals surface area contributed by atoms with Crippen LogP contribution in [0.1, 0.15) is 32.8 Å². The number of nitrogen functional groups attached to an aromatic ring is 1. The van der Waals surface area contributed by atoms with Gasteiger partial charge >= 0.3 is 0 Å². The van der Waals surface area contributed by atoms with Gasteiger partial charge in [-0.25, -0.2) is 0 Å². The van der Waals surface area contributed by atoms with Gasteiger partial charge in [0.1, 0.15) is 5.75 Å². The summed E-state index contributed by atoms with van der Waals surface area (Å²) in [5, 5.41) is 0. The van der Waals surface area contributed by atoms with E-state index in [2.05, 4.69) is 38.8 Å². The number of hydrogen-bond acceptors (Lipinski definition) is 3. The van der Waals surface area contributed by atoms with E-state index in [-0.39, 0.29) is 0 Å². The molecule has 2 N–H and O–H groups in total. The van der Waals surface area contributed by atoms with Gasteiger partial charge in [-0.3, -0.25) is 4.90 Å². The predicted octanol–water partition coefficient (Wildman–Crippen LogP) is 3.14. The molecule has 0 aliphatic heterocycles. The van der Waals surface area contributed by atoms with Crippen molar-refractivity contribution in [3.05, 3.63) is 23.8 Å². The Balaban J connectivity index is 2.68. The molecule has 1 unspecified atom stereocenters. The summed E-state index contributed by atoms with van der Waals surface area (Å²) >= 11 is 0. The molecule has 1 aromatic carbocycles. The number of benzene rings is 1. The Kier molecular flexibility index (Phi) is 5.48. The van der Waals surface area contributed by atoms with Gasteiger partial charge in [0.05, 0.1) is 7.11 Å². The second kappa shape index (κ2) is 6.64. The molecule has 18 heavy (non-hydrogen) atoms. The molecule has 0 radical (unpaired) electrons. The van der Waals surface area contributed by atoms with Gasteiger partial charge in [-0.15, -0.1) is 0 Å². The summed E-state index contributed by atoms with van der Waals surface area (Å²) in [6, 6.07) is 6.48. The van der Waals surface area contributed by atoms with E-state index in [0.717, 1.165) is 23.9 Å². The molecule has 0 saturated heterocycles. The largest absolute Gasteiger partial charge is 0.497 e. The van der Waals surface area contributed by atoms with Crippen LogP contribution in [-0.2, 0) is 6.54 Å². The zero-order valence-electron chi connectivity index (χ0n) is 12.2. The Morgan fingerprint density at radius 3 is 2.44 bits per heavy atom. The first-order valence-electron chi connectivity index (χ1n) is 6.56. The quantitative estimate of drug-likeness (QED) is 0.788. The molecule has 0 spiro atoms. The van der Waals surface area contributed by atoms with Gasteiger partial charge in [0.25, 0.3) is 0 Å². The molecular formula is C15H26N2O. The van der Waals surface area contributed by atoms with Crippen LogP contribution in [0.3, 0.4) is 0 Å².